The van der Waals surface area contributed by atoms with Gasteiger partial charge in [0.2, 0.25) is 11.8 Å². The largest absolute Gasteiger partial charge is 0.278 e. The lowest BCUT2D eigenvalue weighted by Gasteiger charge is -2.19. The van der Waals surface area contributed by atoms with Crippen LogP contribution >= 0.6 is 0 Å². The third kappa shape index (κ3) is 1.84. The fraction of sp³-hybridized carbons (Fsp3) is 0.467. The van der Waals surface area contributed by atoms with Crippen molar-refractivity contribution in [2.24, 2.45) is 11.8 Å². The summed E-state index contributed by atoms with van der Waals surface area (Å²) in [7, 11) is 0. The number of imide groups is 1. The van der Waals surface area contributed by atoms with Crippen LogP contribution in [-0.4, -0.2) is 16.7 Å². The van der Waals surface area contributed by atoms with Gasteiger partial charge in [-0.2, -0.15) is 0 Å². The Bertz CT molecular complexity index is 445. The van der Waals surface area contributed by atoms with Crippen LogP contribution < -0.4 is 0 Å². The van der Waals surface area contributed by atoms with Gasteiger partial charge in [-0.3, -0.25) is 14.5 Å². The molecule has 94 valence electrons. The molecule has 0 bridgehead atoms. The summed E-state index contributed by atoms with van der Waals surface area (Å²) in [4.78, 5) is 26.0. The van der Waals surface area contributed by atoms with Crippen LogP contribution in [0, 0.1) is 11.8 Å². The minimum Gasteiger partial charge on any atom is -0.278 e. The molecule has 1 aliphatic heterocycles. The Morgan fingerprint density at radius 3 is 2.06 bits per heavy atom. The molecule has 0 spiro atoms. The maximum Gasteiger partial charge on any atom is 0.233 e. The van der Waals surface area contributed by atoms with Crippen molar-refractivity contribution in [3.05, 3.63) is 35.9 Å². The molecule has 2 aliphatic rings. The number of amides is 2. The van der Waals surface area contributed by atoms with E-state index in [1.165, 1.54) is 4.90 Å². The Labute approximate surface area is 107 Å². The van der Waals surface area contributed by atoms with Gasteiger partial charge in [0.25, 0.3) is 0 Å². The molecule has 1 saturated carbocycles. The van der Waals surface area contributed by atoms with Crippen LogP contribution in [0.4, 0.5) is 0 Å². The summed E-state index contributed by atoms with van der Waals surface area (Å²) in [6.45, 7) is 0.436. The van der Waals surface area contributed by atoms with Gasteiger partial charge in [-0.1, -0.05) is 43.2 Å². The van der Waals surface area contributed by atoms with Gasteiger partial charge in [0.05, 0.1) is 18.4 Å². The first-order valence-corrected chi connectivity index (χ1v) is 6.66. The van der Waals surface area contributed by atoms with Crippen LogP contribution in [0.3, 0.4) is 0 Å². The minimum atomic E-state index is -0.0324. The molecule has 3 rings (SSSR count). The predicted octanol–water partition coefficient (Wildman–Crippen LogP) is 2.36. The van der Waals surface area contributed by atoms with E-state index in [2.05, 4.69) is 0 Å². The number of nitrogens with zero attached hydrogens (tertiary/aromatic N) is 1. The van der Waals surface area contributed by atoms with Crippen LogP contribution in [0.15, 0.2) is 30.3 Å². The number of carbonyl (C=O) groups is 2. The minimum absolute atomic E-state index is 0.0324. The van der Waals surface area contributed by atoms with Crippen molar-refractivity contribution in [3.8, 4) is 0 Å². The van der Waals surface area contributed by atoms with E-state index in [1.54, 1.807) is 0 Å². The maximum atomic E-state index is 12.3. The summed E-state index contributed by atoms with van der Waals surface area (Å²) in [5.41, 5.74) is 1.03. The van der Waals surface area contributed by atoms with Crippen molar-refractivity contribution < 1.29 is 9.59 Å². The highest BCUT2D eigenvalue weighted by atomic mass is 16.2. The lowest BCUT2D eigenvalue weighted by molar-refractivity contribution is -0.140. The number of rotatable bonds is 2. The van der Waals surface area contributed by atoms with E-state index < -0.39 is 0 Å². The van der Waals surface area contributed by atoms with Gasteiger partial charge in [-0.15, -0.1) is 0 Å². The van der Waals surface area contributed by atoms with Gasteiger partial charge in [0.15, 0.2) is 0 Å². The molecule has 0 unspecified atom stereocenters. The monoisotopic (exact) mass is 243 g/mol. The summed E-state index contributed by atoms with van der Waals surface area (Å²) in [5, 5.41) is 0. The number of benzene rings is 1. The van der Waals surface area contributed by atoms with Crippen molar-refractivity contribution in [3.63, 3.8) is 0 Å². The van der Waals surface area contributed by atoms with Crippen molar-refractivity contribution in [2.75, 3.05) is 0 Å². The van der Waals surface area contributed by atoms with E-state index in [4.69, 9.17) is 0 Å². The van der Waals surface area contributed by atoms with E-state index in [1.807, 2.05) is 30.3 Å². The third-order valence-corrected chi connectivity index (χ3v) is 4.12. The summed E-state index contributed by atoms with van der Waals surface area (Å²) < 4.78 is 0. The van der Waals surface area contributed by atoms with E-state index >= 15 is 0 Å². The summed E-state index contributed by atoms with van der Waals surface area (Å²) in [5.74, 6) is 0.0343. The Morgan fingerprint density at radius 2 is 1.50 bits per heavy atom. The summed E-state index contributed by atoms with van der Waals surface area (Å²) in [6.07, 6.45) is 3.94. The van der Waals surface area contributed by atoms with E-state index in [0.717, 1.165) is 31.2 Å². The van der Waals surface area contributed by atoms with Gasteiger partial charge in [0, 0.05) is 0 Å². The molecule has 18 heavy (non-hydrogen) atoms. The first kappa shape index (κ1) is 11.5. The van der Waals surface area contributed by atoms with Crippen LogP contribution in [0.25, 0.3) is 0 Å². The Kier molecular flexibility index (Phi) is 2.90. The Hall–Kier alpha value is -1.64. The molecule has 0 N–H and O–H groups in total. The SMILES string of the molecule is O=C1[C@H]2CCCC[C@H]2C(=O)N1Cc1ccccc1. The highest BCUT2D eigenvalue weighted by Crippen LogP contribution is 2.38. The first-order chi connectivity index (χ1) is 8.77. The zero-order valence-corrected chi connectivity index (χ0v) is 10.3. The van der Waals surface area contributed by atoms with Crippen LogP contribution in [0.5, 0.6) is 0 Å². The molecule has 3 heteroatoms. The number of hydrogen-bond acceptors (Lipinski definition) is 2. The lowest BCUT2D eigenvalue weighted by atomic mass is 9.81. The lowest BCUT2D eigenvalue weighted by Crippen LogP contribution is -2.30. The van der Waals surface area contributed by atoms with Crippen molar-refractivity contribution in [1.82, 2.24) is 4.90 Å². The Morgan fingerprint density at radius 1 is 0.944 bits per heavy atom. The average molecular weight is 243 g/mol. The second kappa shape index (κ2) is 4.56. The molecular formula is C15H17NO2. The molecule has 1 aromatic rings. The predicted molar refractivity (Wildman–Crippen MR) is 67.4 cm³/mol. The molecular weight excluding hydrogens is 226 g/mol. The van der Waals surface area contributed by atoms with Crippen LogP contribution in [0.2, 0.25) is 0 Å². The smallest absolute Gasteiger partial charge is 0.233 e. The number of likely N-dealkylation sites (tertiary alicyclic amines) is 1. The molecule has 2 atom stereocenters. The van der Waals surface area contributed by atoms with E-state index in [9.17, 15) is 9.59 Å². The molecule has 1 aliphatic carbocycles. The molecule has 1 aromatic carbocycles. The maximum absolute atomic E-state index is 12.3. The van der Waals surface area contributed by atoms with Crippen LogP contribution in [0.1, 0.15) is 31.2 Å². The van der Waals surface area contributed by atoms with Crippen molar-refractivity contribution in [1.29, 1.82) is 0 Å². The Balaban J connectivity index is 1.80. The topological polar surface area (TPSA) is 37.4 Å². The zero-order valence-electron chi connectivity index (χ0n) is 10.3. The van der Waals surface area contributed by atoms with Gasteiger partial charge in [-0.05, 0) is 18.4 Å². The number of hydrogen-bond donors (Lipinski definition) is 0. The van der Waals surface area contributed by atoms with Gasteiger partial charge < -0.3 is 0 Å². The fourth-order valence-electron chi connectivity index (χ4n) is 3.15. The quantitative estimate of drug-likeness (QED) is 0.748. The van der Waals surface area contributed by atoms with Crippen LogP contribution in [-0.2, 0) is 16.1 Å². The molecule has 1 heterocycles. The molecule has 2 fully saturated rings. The second-order valence-corrected chi connectivity index (χ2v) is 5.25. The average Bonchev–Trinajstić information content (AvgIpc) is 2.66. The van der Waals surface area contributed by atoms with Gasteiger partial charge in [0.1, 0.15) is 0 Å². The van der Waals surface area contributed by atoms with Crippen molar-refractivity contribution >= 4 is 11.8 Å². The highest BCUT2D eigenvalue weighted by Gasteiger charge is 2.47. The van der Waals surface area contributed by atoms with Gasteiger partial charge >= 0.3 is 0 Å². The first-order valence-electron chi connectivity index (χ1n) is 6.66. The fourth-order valence-corrected chi connectivity index (χ4v) is 3.15. The molecule has 1 saturated heterocycles. The molecule has 0 aromatic heterocycles. The van der Waals surface area contributed by atoms with Gasteiger partial charge in [-0.25, -0.2) is 0 Å². The van der Waals surface area contributed by atoms with Crippen molar-refractivity contribution in [2.45, 2.75) is 32.2 Å². The number of carbonyl (C=O) groups excluding carboxylic acids is 2. The molecule has 0 radical (unpaired) electrons. The summed E-state index contributed by atoms with van der Waals surface area (Å²) >= 11 is 0. The standard InChI is InChI=1S/C15H17NO2/c17-14-12-8-4-5-9-13(12)15(18)16(14)10-11-6-2-1-3-7-11/h1-3,6-7,12-13H,4-5,8-10H2/t12-,13+. The molecule has 2 amide bonds. The van der Waals surface area contributed by atoms with E-state index in [0.29, 0.717) is 6.54 Å². The molecule has 3 nitrogen and oxygen atoms in total. The number of fused-ring (bicyclic) bond motifs is 1. The normalized spacial score (nSPS) is 27.4. The van der Waals surface area contributed by atoms with E-state index in [-0.39, 0.29) is 23.7 Å². The zero-order chi connectivity index (χ0) is 12.5. The third-order valence-electron chi connectivity index (χ3n) is 4.12. The highest BCUT2D eigenvalue weighted by molar-refractivity contribution is 6.05. The second-order valence-electron chi connectivity index (χ2n) is 5.25. The summed E-state index contributed by atoms with van der Waals surface area (Å²) in [6, 6.07) is 9.74.